The second-order valence-electron chi connectivity index (χ2n) is 5.63. The van der Waals surface area contributed by atoms with E-state index in [9.17, 15) is 26.8 Å². The summed E-state index contributed by atoms with van der Waals surface area (Å²) in [6.45, 7) is -0.267. The molecule has 12 nitrogen and oxygen atoms in total. The molecule has 0 aromatic rings. The molecule has 3 rings (SSSR count). The van der Waals surface area contributed by atoms with E-state index in [0.29, 0.717) is 0 Å². The average Bonchev–Trinajstić information content (AvgIpc) is 3.10. The van der Waals surface area contributed by atoms with Gasteiger partial charge in [-0.15, -0.1) is 4.28 Å². The molecule has 1 unspecified atom stereocenters. The van der Waals surface area contributed by atoms with Crippen LogP contribution in [-0.2, 0) is 29.2 Å². The standard InChI is InChI=1S/C10H14F2N4O8S/c11-10(12)1-6(8(17)14-23-5-2-13-22-4-5)15-3-7(10)16(9(15)18)24-25(19,20)21/h5-7,13H,1-4H2,(H,14,17)(H,19,20,21)/t5?,6-,7-/m0/s1. The molecule has 0 aliphatic carbocycles. The number of carbonyl (C=O) groups excluding carboxylic acids is 2. The Morgan fingerprint density at radius 2 is 2.20 bits per heavy atom. The Balaban J connectivity index is 1.72. The Morgan fingerprint density at radius 1 is 1.48 bits per heavy atom. The molecule has 2 bridgehead atoms. The predicted octanol–water partition coefficient (Wildman–Crippen LogP) is -1.81. The molecule has 0 aromatic carbocycles. The monoisotopic (exact) mass is 388 g/mol. The molecule has 3 aliphatic rings. The largest absolute Gasteiger partial charge is 0.418 e. The maximum absolute atomic E-state index is 14.2. The van der Waals surface area contributed by atoms with Crippen molar-refractivity contribution >= 4 is 22.3 Å². The van der Waals surface area contributed by atoms with E-state index in [4.69, 9.17) is 14.2 Å². The highest BCUT2D eigenvalue weighted by atomic mass is 32.3. The van der Waals surface area contributed by atoms with Gasteiger partial charge in [-0.05, 0) is 0 Å². The third kappa shape index (κ3) is 3.65. The van der Waals surface area contributed by atoms with Crippen molar-refractivity contribution in [1.82, 2.24) is 20.9 Å². The van der Waals surface area contributed by atoms with Crippen LogP contribution in [0.25, 0.3) is 0 Å². The van der Waals surface area contributed by atoms with Gasteiger partial charge < -0.3 is 4.90 Å². The van der Waals surface area contributed by atoms with Gasteiger partial charge in [0.1, 0.15) is 18.2 Å². The number of fused-ring (bicyclic) bond motifs is 2. The fourth-order valence-corrected chi connectivity index (χ4v) is 3.11. The van der Waals surface area contributed by atoms with Crippen molar-refractivity contribution in [2.24, 2.45) is 0 Å². The van der Waals surface area contributed by atoms with Crippen molar-refractivity contribution in [2.75, 3.05) is 19.7 Å². The Hall–Kier alpha value is -1.65. The highest BCUT2D eigenvalue weighted by molar-refractivity contribution is 7.80. The van der Waals surface area contributed by atoms with Crippen LogP contribution in [0.2, 0.25) is 0 Å². The molecule has 3 fully saturated rings. The lowest BCUT2D eigenvalue weighted by Gasteiger charge is -2.34. The number of hydrogen-bond donors (Lipinski definition) is 3. The molecule has 3 amide bonds. The summed E-state index contributed by atoms with van der Waals surface area (Å²) in [5.74, 6) is -4.64. The highest BCUT2D eigenvalue weighted by Gasteiger charge is 2.62. The zero-order valence-corrected chi connectivity index (χ0v) is 13.2. The quantitative estimate of drug-likeness (QED) is 0.366. The Kier molecular flexibility index (Phi) is 4.54. The van der Waals surface area contributed by atoms with Gasteiger partial charge in [-0.3, -0.25) is 19.0 Å². The minimum atomic E-state index is -5.19. The zero-order chi connectivity index (χ0) is 18.4. The summed E-state index contributed by atoms with van der Waals surface area (Å²) in [5, 5.41) is -0.141. The minimum absolute atomic E-state index is 0.127. The van der Waals surface area contributed by atoms with Crippen LogP contribution < -0.4 is 11.0 Å². The van der Waals surface area contributed by atoms with E-state index < -0.39 is 59.4 Å². The number of carbonyl (C=O) groups is 2. The first-order valence-electron chi connectivity index (χ1n) is 7.03. The number of alkyl halides is 2. The van der Waals surface area contributed by atoms with Crippen molar-refractivity contribution in [2.45, 2.75) is 30.5 Å². The maximum Gasteiger partial charge on any atom is 0.418 e. The molecule has 0 saturated carbocycles. The Morgan fingerprint density at radius 3 is 2.80 bits per heavy atom. The van der Waals surface area contributed by atoms with Crippen molar-refractivity contribution in [3.8, 4) is 0 Å². The first kappa shape index (κ1) is 18.2. The molecule has 3 atom stereocenters. The highest BCUT2D eigenvalue weighted by Crippen LogP contribution is 2.41. The summed E-state index contributed by atoms with van der Waals surface area (Å²) in [6.07, 6.45) is -1.60. The molecule has 0 spiro atoms. The van der Waals surface area contributed by atoms with Gasteiger partial charge in [0.05, 0.1) is 19.7 Å². The third-order valence-corrected chi connectivity index (χ3v) is 4.25. The van der Waals surface area contributed by atoms with Gasteiger partial charge in [0.25, 0.3) is 11.8 Å². The second-order valence-corrected chi connectivity index (χ2v) is 6.63. The molecular formula is C10H14F2N4O8S. The maximum atomic E-state index is 14.2. The fraction of sp³-hybridized carbons (Fsp3) is 0.800. The predicted molar refractivity (Wildman–Crippen MR) is 70.7 cm³/mol. The minimum Gasteiger partial charge on any atom is -0.308 e. The summed E-state index contributed by atoms with van der Waals surface area (Å²) < 4.78 is 62.5. The normalized spacial score (nSPS) is 31.5. The third-order valence-electron chi connectivity index (χ3n) is 3.90. The molecule has 0 radical (unpaired) electrons. The van der Waals surface area contributed by atoms with E-state index in [1.165, 1.54) is 0 Å². The van der Waals surface area contributed by atoms with Crippen LogP contribution >= 0.6 is 0 Å². The number of halogens is 2. The summed E-state index contributed by atoms with van der Waals surface area (Å²) >= 11 is 0. The molecule has 3 N–H and O–H groups in total. The lowest BCUT2D eigenvalue weighted by Crippen LogP contribution is -2.56. The smallest absolute Gasteiger partial charge is 0.308 e. The average molecular weight is 388 g/mol. The van der Waals surface area contributed by atoms with E-state index in [2.05, 4.69) is 9.76 Å². The van der Waals surface area contributed by atoms with Crippen molar-refractivity contribution in [1.29, 1.82) is 0 Å². The van der Waals surface area contributed by atoms with Gasteiger partial charge in [0, 0.05) is 6.42 Å². The SMILES string of the molecule is O=C(NOC1CNOC1)[C@@H]1CC(F)(F)[C@@H]2CN1C(=O)N2OS(=O)(=O)O. The van der Waals surface area contributed by atoms with Gasteiger partial charge in [0.15, 0.2) is 0 Å². The molecule has 15 heteroatoms. The first-order valence-corrected chi connectivity index (χ1v) is 8.40. The number of amides is 3. The van der Waals surface area contributed by atoms with Gasteiger partial charge in [-0.1, -0.05) is 0 Å². The van der Waals surface area contributed by atoms with Crippen LogP contribution in [0, 0.1) is 0 Å². The van der Waals surface area contributed by atoms with E-state index in [1.54, 1.807) is 0 Å². The summed E-state index contributed by atoms with van der Waals surface area (Å²) in [4.78, 5) is 34.7. The van der Waals surface area contributed by atoms with Gasteiger partial charge in [-0.25, -0.2) is 19.1 Å². The van der Waals surface area contributed by atoms with Crippen LogP contribution in [0.3, 0.4) is 0 Å². The molecule has 3 saturated heterocycles. The van der Waals surface area contributed by atoms with Gasteiger partial charge in [0.2, 0.25) is 0 Å². The van der Waals surface area contributed by atoms with E-state index in [0.717, 1.165) is 4.90 Å². The van der Waals surface area contributed by atoms with Crippen LogP contribution in [0.15, 0.2) is 0 Å². The van der Waals surface area contributed by atoms with Crippen molar-refractivity contribution < 1.29 is 45.3 Å². The molecule has 142 valence electrons. The molecule has 3 heterocycles. The Labute approximate surface area is 139 Å². The van der Waals surface area contributed by atoms with Gasteiger partial charge >= 0.3 is 16.4 Å². The molecule has 3 aliphatic heterocycles. The molecule has 25 heavy (non-hydrogen) atoms. The number of rotatable bonds is 5. The number of nitrogens with one attached hydrogen (secondary N) is 2. The van der Waals surface area contributed by atoms with Crippen LogP contribution in [0.4, 0.5) is 13.6 Å². The summed E-state index contributed by atoms with van der Waals surface area (Å²) in [6, 6.07) is -4.85. The lowest BCUT2D eigenvalue weighted by molar-refractivity contribution is -0.161. The van der Waals surface area contributed by atoms with E-state index in [-0.39, 0.29) is 18.2 Å². The summed E-state index contributed by atoms with van der Waals surface area (Å²) in [7, 11) is -5.19. The van der Waals surface area contributed by atoms with Crippen LogP contribution in [0.5, 0.6) is 0 Å². The fourth-order valence-electron chi connectivity index (χ4n) is 2.74. The molecule has 0 aromatic heterocycles. The van der Waals surface area contributed by atoms with Gasteiger partial charge in [-0.2, -0.15) is 19.0 Å². The van der Waals surface area contributed by atoms with Crippen molar-refractivity contribution in [3.63, 3.8) is 0 Å². The summed E-state index contributed by atoms with van der Waals surface area (Å²) in [5.41, 5.74) is 4.47. The lowest BCUT2D eigenvalue weighted by atomic mass is 9.96. The number of hydrogen-bond acceptors (Lipinski definition) is 8. The van der Waals surface area contributed by atoms with Crippen molar-refractivity contribution in [3.05, 3.63) is 0 Å². The number of piperidine rings is 1. The molecular weight excluding hydrogens is 374 g/mol. The zero-order valence-electron chi connectivity index (χ0n) is 12.4. The number of hydroxylamine groups is 4. The topological polar surface area (TPSA) is 147 Å². The number of urea groups is 1. The van der Waals surface area contributed by atoms with Crippen LogP contribution in [-0.4, -0.2) is 78.7 Å². The van der Waals surface area contributed by atoms with E-state index in [1.807, 2.05) is 5.48 Å². The van der Waals surface area contributed by atoms with Crippen LogP contribution in [0.1, 0.15) is 6.42 Å². The van der Waals surface area contributed by atoms with E-state index >= 15 is 0 Å². The number of nitrogens with zero attached hydrogens (tertiary/aromatic N) is 2. The Bertz CT molecular complexity index is 670. The second kappa shape index (κ2) is 6.26. The first-order chi connectivity index (χ1) is 11.6.